The summed E-state index contributed by atoms with van der Waals surface area (Å²) in [5, 5.41) is 2.66. The third kappa shape index (κ3) is 2.03. The van der Waals surface area contributed by atoms with Crippen molar-refractivity contribution in [1.29, 1.82) is 0 Å². The maximum Gasteiger partial charge on any atom is 0.287 e. The lowest BCUT2D eigenvalue weighted by molar-refractivity contribution is -0.137. The maximum absolute atomic E-state index is 10.8. The van der Waals surface area contributed by atoms with Crippen LogP contribution in [0.15, 0.2) is 0 Å². The molecule has 1 aliphatic carbocycles. The van der Waals surface area contributed by atoms with E-state index in [0.717, 1.165) is 12.8 Å². The summed E-state index contributed by atoms with van der Waals surface area (Å²) in [4.78, 5) is 21.3. The van der Waals surface area contributed by atoms with Crippen LogP contribution in [-0.4, -0.2) is 17.7 Å². The number of amides is 1. The molecule has 1 rings (SSSR count). The molecule has 0 unspecified atom stereocenters. The fraction of sp³-hybridized carbons (Fsp3) is 0.750. The van der Waals surface area contributed by atoms with Gasteiger partial charge in [-0.25, -0.2) is 0 Å². The second-order valence-corrected chi connectivity index (χ2v) is 3.30. The summed E-state index contributed by atoms with van der Waals surface area (Å²) in [6.07, 6.45) is 2.03. The van der Waals surface area contributed by atoms with Gasteiger partial charge in [-0.15, -0.1) is 0 Å². The largest absolute Gasteiger partial charge is 0.347 e. The molecule has 0 radical (unpaired) electrons. The number of ketones is 1. The summed E-state index contributed by atoms with van der Waals surface area (Å²) in [7, 11) is 0. The van der Waals surface area contributed by atoms with Gasteiger partial charge < -0.3 is 5.32 Å². The highest BCUT2D eigenvalue weighted by atomic mass is 16.2. The second-order valence-electron chi connectivity index (χ2n) is 3.30. The second kappa shape index (κ2) is 3.03. The predicted molar refractivity (Wildman–Crippen MR) is 41.0 cm³/mol. The minimum atomic E-state index is -0.443. The van der Waals surface area contributed by atoms with Gasteiger partial charge in [0.1, 0.15) is 0 Å². The van der Waals surface area contributed by atoms with Gasteiger partial charge in [-0.05, 0) is 18.8 Å². The minimum absolute atomic E-state index is 0.251. The SMILES string of the molecule is CC(=O)C(=O)N[C@H]1C[C@H](C)C1. The van der Waals surface area contributed by atoms with E-state index in [2.05, 4.69) is 12.2 Å². The van der Waals surface area contributed by atoms with Crippen LogP contribution in [0.4, 0.5) is 0 Å². The highest BCUT2D eigenvalue weighted by Gasteiger charge is 2.27. The number of carbonyl (C=O) groups is 2. The molecule has 3 heteroatoms. The fourth-order valence-electron chi connectivity index (χ4n) is 1.31. The Bertz CT molecular complexity index is 183. The van der Waals surface area contributed by atoms with Crippen molar-refractivity contribution >= 4 is 11.7 Å². The molecular weight excluding hydrogens is 142 g/mol. The standard InChI is InChI=1S/C8H13NO2/c1-5-3-7(4-5)9-8(11)6(2)10/h5,7H,3-4H2,1-2H3,(H,9,11)/t5-,7-. The number of rotatable bonds is 2. The Hall–Kier alpha value is -0.860. The molecule has 0 aromatic heterocycles. The Morgan fingerprint density at radius 1 is 1.36 bits per heavy atom. The molecule has 0 aliphatic heterocycles. The van der Waals surface area contributed by atoms with Crippen molar-refractivity contribution < 1.29 is 9.59 Å². The molecule has 0 aromatic carbocycles. The molecule has 0 aromatic rings. The van der Waals surface area contributed by atoms with Crippen LogP contribution in [0.2, 0.25) is 0 Å². The Balaban J connectivity index is 2.22. The molecule has 0 spiro atoms. The van der Waals surface area contributed by atoms with Gasteiger partial charge in [-0.3, -0.25) is 9.59 Å². The van der Waals surface area contributed by atoms with E-state index in [9.17, 15) is 9.59 Å². The van der Waals surface area contributed by atoms with Crippen LogP contribution in [-0.2, 0) is 9.59 Å². The first-order chi connectivity index (χ1) is 5.09. The first kappa shape index (κ1) is 8.24. The molecule has 1 fully saturated rings. The van der Waals surface area contributed by atoms with Crippen molar-refractivity contribution in [2.24, 2.45) is 5.92 Å². The van der Waals surface area contributed by atoms with Gasteiger partial charge in [0.2, 0.25) is 5.78 Å². The quantitative estimate of drug-likeness (QED) is 0.590. The van der Waals surface area contributed by atoms with Crippen LogP contribution >= 0.6 is 0 Å². The van der Waals surface area contributed by atoms with Crippen LogP contribution in [0.25, 0.3) is 0 Å². The Morgan fingerprint density at radius 2 is 1.91 bits per heavy atom. The van der Waals surface area contributed by atoms with Crippen LogP contribution < -0.4 is 5.32 Å². The Kier molecular flexibility index (Phi) is 2.27. The van der Waals surface area contributed by atoms with Crippen LogP contribution in [0.3, 0.4) is 0 Å². The number of nitrogens with one attached hydrogen (secondary N) is 1. The normalized spacial score (nSPS) is 28.9. The fourth-order valence-corrected chi connectivity index (χ4v) is 1.31. The maximum atomic E-state index is 10.8. The first-order valence-corrected chi connectivity index (χ1v) is 3.91. The average Bonchev–Trinajstić information content (AvgIpc) is 1.84. The topological polar surface area (TPSA) is 46.2 Å². The Labute approximate surface area is 66.2 Å². The van der Waals surface area contributed by atoms with E-state index in [-0.39, 0.29) is 6.04 Å². The summed E-state index contributed by atoms with van der Waals surface area (Å²) < 4.78 is 0. The molecule has 0 atom stereocenters. The van der Waals surface area contributed by atoms with Gasteiger partial charge in [0.25, 0.3) is 5.91 Å². The van der Waals surface area contributed by atoms with Gasteiger partial charge in [0, 0.05) is 13.0 Å². The summed E-state index contributed by atoms with van der Waals surface area (Å²) in [6, 6.07) is 0.251. The molecule has 0 saturated heterocycles. The van der Waals surface area contributed by atoms with E-state index in [1.165, 1.54) is 6.92 Å². The number of hydrogen-bond acceptors (Lipinski definition) is 2. The van der Waals surface area contributed by atoms with Gasteiger partial charge in [0.15, 0.2) is 0 Å². The van der Waals surface area contributed by atoms with Crippen molar-refractivity contribution in [3.05, 3.63) is 0 Å². The van der Waals surface area contributed by atoms with Crippen LogP contribution in [0.1, 0.15) is 26.7 Å². The predicted octanol–water partition coefficient (Wildman–Crippen LogP) is 0.490. The van der Waals surface area contributed by atoms with E-state index in [0.29, 0.717) is 5.92 Å². The molecule has 0 heterocycles. The average molecular weight is 155 g/mol. The molecule has 1 saturated carbocycles. The molecular formula is C8H13NO2. The zero-order chi connectivity index (χ0) is 8.43. The van der Waals surface area contributed by atoms with Crippen molar-refractivity contribution in [3.8, 4) is 0 Å². The van der Waals surface area contributed by atoms with Crippen molar-refractivity contribution in [1.82, 2.24) is 5.32 Å². The monoisotopic (exact) mass is 155 g/mol. The number of Topliss-reactive ketones (excluding diaryl/α,β-unsaturated/α-hetero) is 1. The molecule has 0 bridgehead atoms. The van der Waals surface area contributed by atoms with Crippen LogP contribution in [0, 0.1) is 5.92 Å². The highest BCUT2D eigenvalue weighted by Crippen LogP contribution is 2.25. The van der Waals surface area contributed by atoms with Gasteiger partial charge in [-0.2, -0.15) is 0 Å². The van der Waals surface area contributed by atoms with E-state index >= 15 is 0 Å². The van der Waals surface area contributed by atoms with Gasteiger partial charge >= 0.3 is 0 Å². The van der Waals surface area contributed by atoms with Crippen molar-refractivity contribution in [2.75, 3.05) is 0 Å². The zero-order valence-corrected chi connectivity index (χ0v) is 6.89. The van der Waals surface area contributed by atoms with E-state index in [1.807, 2.05) is 0 Å². The molecule has 3 nitrogen and oxygen atoms in total. The van der Waals surface area contributed by atoms with E-state index < -0.39 is 11.7 Å². The number of carbonyl (C=O) groups excluding carboxylic acids is 2. The smallest absolute Gasteiger partial charge is 0.287 e. The van der Waals surface area contributed by atoms with E-state index in [1.54, 1.807) is 0 Å². The molecule has 1 N–H and O–H groups in total. The number of hydrogen-bond donors (Lipinski definition) is 1. The lowest BCUT2D eigenvalue weighted by Crippen LogP contribution is -2.45. The lowest BCUT2D eigenvalue weighted by Gasteiger charge is -2.32. The zero-order valence-electron chi connectivity index (χ0n) is 6.89. The molecule has 1 amide bonds. The molecule has 62 valence electrons. The first-order valence-electron chi connectivity index (χ1n) is 3.91. The van der Waals surface area contributed by atoms with Gasteiger partial charge in [0.05, 0.1) is 0 Å². The van der Waals surface area contributed by atoms with E-state index in [4.69, 9.17) is 0 Å². The summed E-state index contributed by atoms with van der Waals surface area (Å²) in [6.45, 7) is 3.42. The third-order valence-electron chi connectivity index (χ3n) is 2.03. The summed E-state index contributed by atoms with van der Waals surface area (Å²) in [5.41, 5.74) is 0. The lowest BCUT2D eigenvalue weighted by atomic mass is 9.82. The highest BCUT2D eigenvalue weighted by molar-refractivity contribution is 6.35. The molecule has 11 heavy (non-hydrogen) atoms. The van der Waals surface area contributed by atoms with Crippen LogP contribution in [0.5, 0.6) is 0 Å². The van der Waals surface area contributed by atoms with Crippen molar-refractivity contribution in [2.45, 2.75) is 32.7 Å². The Morgan fingerprint density at radius 3 is 2.27 bits per heavy atom. The molecule has 1 aliphatic rings. The summed E-state index contributed by atoms with van der Waals surface area (Å²) >= 11 is 0. The third-order valence-corrected chi connectivity index (χ3v) is 2.03. The minimum Gasteiger partial charge on any atom is -0.347 e. The van der Waals surface area contributed by atoms with Gasteiger partial charge in [-0.1, -0.05) is 6.92 Å². The summed E-state index contributed by atoms with van der Waals surface area (Å²) in [5.74, 6) is -0.140. The van der Waals surface area contributed by atoms with Crippen molar-refractivity contribution in [3.63, 3.8) is 0 Å².